The number of nitrogens with one attached hydrogen (secondary N) is 1. The van der Waals surface area contributed by atoms with Crippen LogP contribution in [0.3, 0.4) is 0 Å². The second kappa shape index (κ2) is 10.3. The normalized spacial score (nSPS) is 29.6. The molecule has 13 heteroatoms. The van der Waals surface area contributed by atoms with E-state index in [2.05, 4.69) is 0 Å². The molecule has 1 aromatic heterocycles. The zero-order chi connectivity index (χ0) is 23.4. The van der Waals surface area contributed by atoms with E-state index in [4.69, 9.17) is 4.74 Å². The number of hydrogen-bond acceptors (Lipinski definition) is 9. The summed E-state index contributed by atoms with van der Waals surface area (Å²) < 4.78 is 33.4. The van der Waals surface area contributed by atoms with Crippen molar-refractivity contribution in [3.8, 4) is 0 Å². The Morgan fingerprint density at radius 1 is 1.26 bits per heavy atom. The van der Waals surface area contributed by atoms with E-state index in [1.54, 1.807) is 0 Å². The highest BCUT2D eigenvalue weighted by Crippen LogP contribution is 2.44. The van der Waals surface area contributed by atoms with Gasteiger partial charge in [0.2, 0.25) is 11.5 Å². The molecule has 1 aliphatic heterocycles. The lowest BCUT2D eigenvalue weighted by molar-refractivity contribution is -0.428. The van der Waals surface area contributed by atoms with Crippen LogP contribution in [0.2, 0.25) is 0 Å². The average molecular weight is 453 g/mol. The second-order valence-corrected chi connectivity index (χ2v) is 7.56. The number of ether oxygens (including phenoxy) is 1. The topological polar surface area (TPSA) is 168 Å². The first kappa shape index (κ1) is 25.5. The van der Waals surface area contributed by atoms with Crippen molar-refractivity contribution in [3.63, 3.8) is 0 Å². The molecule has 1 fully saturated rings. The lowest BCUT2D eigenvalue weighted by atomic mass is 10.00. The maximum Gasteiger partial charge on any atom is 0.332 e. The molecule has 0 aromatic carbocycles. The van der Waals surface area contributed by atoms with E-state index in [9.17, 15) is 44.0 Å². The minimum Gasteiger partial charge on any atom is -0.394 e. The van der Waals surface area contributed by atoms with Gasteiger partial charge >= 0.3 is 11.6 Å². The zero-order valence-electron chi connectivity index (χ0n) is 17.1. The van der Waals surface area contributed by atoms with Gasteiger partial charge in [0.05, 0.1) is 12.8 Å². The van der Waals surface area contributed by atoms with Gasteiger partial charge in [-0.15, -0.1) is 5.06 Å². The summed E-state index contributed by atoms with van der Waals surface area (Å²) in [4.78, 5) is 24.9. The second-order valence-electron chi connectivity index (χ2n) is 7.56. The van der Waals surface area contributed by atoms with Crippen LogP contribution in [0.5, 0.6) is 0 Å². The largest absolute Gasteiger partial charge is 0.394 e. The first-order valence-corrected chi connectivity index (χ1v) is 10.1. The lowest BCUT2D eigenvalue weighted by Crippen LogP contribution is -2.69. The number of hydrogen-bond donors (Lipinski definition) is 6. The average Bonchev–Trinajstić information content (AvgIpc) is 2.94. The Labute approximate surface area is 176 Å². The Morgan fingerprint density at radius 3 is 2.48 bits per heavy atom. The van der Waals surface area contributed by atoms with Crippen LogP contribution < -0.4 is 11.2 Å². The number of aliphatic hydroxyl groups excluding tert-OH is 2. The first-order chi connectivity index (χ1) is 14.5. The van der Waals surface area contributed by atoms with E-state index >= 15 is 0 Å². The summed E-state index contributed by atoms with van der Waals surface area (Å²) in [7, 11) is 0. The highest BCUT2D eigenvalue weighted by molar-refractivity contribution is 5.06. The summed E-state index contributed by atoms with van der Waals surface area (Å²) in [5.74, 6) is -5.04. The monoisotopic (exact) mass is 453 g/mol. The number of rotatable bonds is 11. The van der Waals surface area contributed by atoms with E-state index < -0.39 is 58.9 Å². The number of aromatic amines is 1. The molecule has 1 aliphatic rings. The molecular weight excluding hydrogens is 424 g/mol. The van der Waals surface area contributed by atoms with Gasteiger partial charge in [0.1, 0.15) is 12.2 Å². The van der Waals surface area contributed by atoms with Crippen molar-refractivity contribution in [2.24, 2.45) is 0 Å². The number of aliphatic hydroxyl groups is 4. The van der Waals surface area contributed by atoms with Crippen molar-refractivity contribution in [2.45, 2.75) is 82.0 Å². The molecule has 0 saturated carbocycles. The van der Waals surface area contributed by atoms with Gasteiger partial charge in [-0.05, 0) is 12.8 Å². The number of H-pyrrole nitrogens is 1. The van der Waals surface area contributed by atoms with E-state index in [-0.39, 0.29) is 17.2 Å². The lowest BCUT2D eigenvalue weighted by Gasteiger charge is -2.43. The van der Waals surface area contributed by atoms with Crippen LogP contribution in [-0.2, 0) is 10.6 Å². The van der Waals surface area contributed by atoms with Crippen molar-refractivity contribution >= 4 is 0 Å². The minimum atomic E-state index is -3.47. The molecule has 5 atom stereocenters. The smallest absolute Gasteiger partial charge is 0.332 e. The molecule has 0 bridgehead atoms. The molecule has 0 spiro atoms. The molecule has 0 aliphatic carbocycles. The van der Waals surface area contributed by atoms with Crippen molar-refractivity contribution in [1.82, 2.24) is 14.6 Å². The van der Waals surface area contributed by atoms with Gasteiger partial charge < -0.3 is 30.4 Å². The van der Waals surface area contributed by atoms with Gasteiger partial charge in [-0.25, -0.2) is 13.8 Å². The van der Waals surface area contributed by atoms with Crippen LogP contribution in [0.1, 0.15) is 51.9 Å². The Kier molecular flexibility index (Phi) is 8.44. The molecule has 2 heterocycles. The standard InChI is InChI=1S/C18H29F2N3O8/c1-2-3-4-5-6-7-8-13(20)23(30)17(28)14(25)12(10-24)31-18(17,29)22-9-11(19)15(26)21-16(22)27/h9,12-14,24-25,28-30H,2-8,10H2,1H3,(H,21,26,27)/t12-,13?,14-,17-,18+/m1/s1. The Morgan fingerprint density at radius 2 is 1.87 bits per heavy atom. The highest BCUT2D eigenvalue weighted by atomic mass is 19.1. The summed E-state index contributed by atoms with van der Waals surface area (Å²) >= 11 is 0. The third-order valence-electron chi connectivity index (χ3n) is 5.38. The van der Waals surface area contributed by atoms with Crippen molar-refractivity contribution in [1.29, 1.82) is 0 Å². The maximum atomic E-state index is 14.7. The number of aromatic nitrogens is 2. The summed E-state index contributed by atoms with van der Waals surface area (Å²) in [5.41, 5.74) is -6.38. The van der Waals surface area contributed by atoms with Gasteiger partial charge in [-0.1, -0.05) is 39.0 Å². The van der Waals surface area contributed by atoms with Crippen molar-refractivity contribution in [3.05, 3.63) is 32.9 Å². The zero-order valence-corrected chi connectivity index (χ0v) is 17.1. The van der Waals surface area contributed by atoms with Crippen LogP contribution in [0, 0.1) is 5.82 Å². The predicted molar refractivity (Wildman–Crippen MR) is 101 cm³/mol. The maximum absolute atomic E-state index is 14.7. The van der Waals surface area contributed by atoms with Crippen LogP contribution in [0.15, 0.2) is 15.8 Å². The van der Waals surface area contributed by atoms with Crippen LogP contribution in [0.25, 0.3) is 0 Å². The van der Waals surface area contributed by atoms with E-state index in [0.29, 0.717) is 12.8 Å². The first-order valence-electron chi connectivity index (χ1n) is 10.1. The molecule has 1 saturated heterocycles. The molecule has 6 N–H and O–H groups in total. The summed E-state index contributed by atoms with van der Waals surface area (Å²) in [6.45, 7) is 1.02. The third-order valence-corrected chi connectivity index (χ3v) is 5.38. The number of alkyl halides is 1. The molecule has 178 valence electrons. The summed E-state index contributed by atoms with van der Waals surface area (Å²) in [6, 6.07) is 0. The molecule has 11 nitrogen and oxygen atoms in total. The Hall–Kier alpha value is -1.74. The Bertz CT molecular complexity index is 852. The van der Waals surface area contributed by atoms with E-state index in [1.165, 1.54) is 4.98 Å². The summed E-state index contributed by atoms with van der Waals surface area (Å²) in [5, 5.41) is 51.5. The SMILES string of the molecule is CCCCCCCCC(F)N(O)[C@@]1(O)[C@H](O)[C@@H](CO)O[C@]1(O)n1cc(F)c(=O)[nH]c1=O. The molecular formula is C18H29F2N3O8. The van der Waals surface area contributed by atoms with Gasteiger partial charge in [0, 0.05) is 0 Å². The number of hydroxylamine groups is 2. The van der Waals surface area contributed by atoms with Crippen LogP contribution in [-0.4, -0.2) is 71.1 Å². The molecule has 1 aromatic rings. The fourth-order valence-corrected chi connectivity index (χ4v) is 3.57. The van der Waals surface area contributed by atoms with Gasteiger partial charge in [-0.2, -0.15) is 4.39 Å². The number of unbranched alkanes of at least 4 members (excludes halogenated alkanes) is 5. The Balaban J connectivity index is 2.33. The quantitative estimate of drug-likeness (QED) is 0.111. The summed E-state index contributed by atoms with van der Waals surface area (Å²) in [6.07, 6.45) is -1.88. The molecule has 0 radical (unpaired) electrons. The van der Waals surface area contributed by atoms with Crippen LogP contribution in [0.4, 0.5) is 8.78 Å². The van der Waals surface area contributed by atoms with Crippen molar-refractivity contribution in [2.75, 3.05) is 6.61 Å². The van der Waals surface area contributed by atoms with Crippen molar-refractivity contribution < 1.29 is 39.2 Å². The minimum absolute atomic E-state index is 0.0523. The van der Waals surface area contributed by atoms with Gasteiger partial charge in [0.25, 0.3) is 5.56 Å². The van der Waals surface area contributed by atoms with E-state index in [1.807, 2.05) is 6.92 Å². The van der Waals surface area contributed by atoms with Gasteiger partial charge in [0.15, 0.2) is 6.30 Å². The fourth-order valence-electron chi connectivity index (χ4n) is 3.57. The van der Waals surface area contributed by atoms with E-state index in [0.717, 1.165) is 25.7 Å². The molecule has 0 amide bonds. The highest BCUT2D eigenvalue weighted by Gasteiger charge is 2.71. The third kappa shape index (κ3) is 4.72. The number of halogens is 2. The molecule has 2 rings (SSSR count). The van der Waals surface area contributed by atoms with Crippen LogP contribution >= 0.6 is 0 Å². The van der Waals surface area contributed by atoms with Gasteiger partial charge in [-0.3, -0.25) is 9.78 Å². The predicted octanol–water partition coefficient (Wildman–Crippen LogP) is -0.544. The molecule has 1 unspecified atom stereocenters. The molecule has 31 heavy (non-hydrogen) atoms. The fraction of sp³-hybridized carbons (Fsp3) is 0.778. The number of nitrogens with zero attached hydrogens (tertiary/aromatic N) is 2.